The first kappa shape index (κ1) is 22.7. The Labute approximate surface area is 185 Å². The molecule has 7 nitrogen and oxygen atoms in total. The van der Waals surface area contributed by atoms with Crippen LogP contribution in [-0.4, -0.2) is 52.2 Å². The van der Waals surface area contributed by atoms with E-state index in [0.717, 1.165) is 35.9 Å². The second-order valence-corrected chi connectivity index (χ2v) is 9.82. The molecule has 1 fully saturated rings. The third-order valence-electron chi connectivity index (χ3n) is 4.52. The van der Waals surface area contributed by atoms with Gasteiger partial charge in [-0.1, -0.05) is 0 Å². The minimum absolute atomic E-state index is 0.0829. The van der Waals surface area contributed by atoms with Gasteiger partial charge in [-0.25, -0.2) is 4.98 Å². The van der Waals surface area contributed by atoms with Crippen LogP contribution in [0.4, 0.5) is 10.8 Å². The molecule has 1 aliphatic rings. The van der Waals surface area contributed by atoms with Crippen LogP contribution in [0, 0.1) is 0 Å². The van der Waals surface area contributed by atoms with Crippen molar-refractivity contribution in [1.82, 2.24) is 9.88 Å². The monoisotopic (exact) mass is 448 g/mol. The number of morpholine rings is 1. The van der Waals surface area contributed by atoms with E-state index < -0.39 is 0 Å². The first-order chi connectivity index (χ1) is 14.3. The summed E-state index contributed by atoms with van der Waals surface area (Å²) in [5.74, 6) is -0.191. The van der Waals surface area contributed by atoms with E-state index in [-0.39, 0.29) is 29.3 Å². The summed E-state index contributed by atoms with van der Waals surface area (Å²) in [4.78, 5) is 31.5. The standard InChI is InChI=1S/C21H28N4O3S2/c1-13-9-25(10-14(2)28-13)11-18-12-29-21(23-18)24-20(27)15(3)30-19-7-5-17(6-8-19)22-16(4)26/h5-8,12-15H,9-11H2,1-4H3,(H,22,26)(H,23,24,27). The molecule has 0 bridgehead atoms. The van der Waals surface area contributed by atoms with Crippen molar-refractivity contribution < 1.29 is 14.3 Å². The van der Waals surface area contributed by atoms with E-state index in [0.29, 0.717) is 5.13 Å². The molecular weight excluding hydrogens is 420 g/mol. The zero-order chi connectivity index (χ0) is 21.7. The molecular formula is C21H28N4O3S2. The molecule has 0 aliphatic carbocycles. The first-order valence-corrected chi connectivity index (χ1v) is 11.7. The number of amides is 2. The molecule has 3 unspecified atom stereocenters. The van der Waals surface area contributed by atoms with Crippen LogP contribution in [-0.2, 0) is 20.9 Å². The lowest BCUT2D eigenvalue weighted by Gasteiger charge is -2.34. The van der Waals surface area contributed by atoms with Crippen LogP contribution in [0.1, 0.15) is 33.4 Å². The zero-order valence-corrected chi connectivity index (χ0v) is 19.3. The Balaban J connectivity index is 1.50. The molecule has 2 heterocycles. The maximum Gasteiger partial charge on any atom is 0.239 e. The summed E-state index contributed by atoms with van der Waals surface area (Å²) < 4.78 is 5.77. The Hall–Kier alpha value is -1.94. The van der Waals surface area contributed by atoms with Gasteiger partial charge < -0.3 is 15.4 Å². The Morgan fingerprint density at radius 3 is 2.53 bits per heavy atom. The van der Waals surface area contributed by atoms with Gasteiger partial charge in [-0.15, -0.1) is 23.1 Å². The van der Waals surface area contributed by atoms with Crippen LogP contribution in [0.2, 0.25) is 0 Å². The van der Waals surface area contributed by atoms with Gasteiger partial charge in [-0.2, -0.15) is 0 Å². The van der Waals surface area contributed by atoms with E-state index in [9.17, 15) is 9.59 Å². The van der Waals surface area contributed by atoms with E-state index in [1.54, 1.807) is 0 Å². The highest BCUT2D eigenvalue weighted by Crippen LogP contribution is 2.26. The van der Waals surface area contributed by atoms with Crippen LogP contribution in [0.15, 0.2) is 34.5 Å². The van der Waals surface area contributed by atoms with Crippen molar-refractivity contribution in [3.05, 3.63) is 35.3 Å². The van der Waals surface area contributed by atoms with Crippen molar-refractivity contribution in [2.24, 2.45) is 0 Å². The molecule has 3 atom stereocenters. The van der Waals surface area contributed by atoms with E-state index in [2.05, 4.69) is 34.4 Å². The van der Waals surface area contributed by atoms with Crippen molar-refractivity contribution in [2.75, 3.05) is 23.7 Å². The summed E-state index contributed by atoms with van der Waals surface area (Å²) in [6.45, 7) is 10.0. The number of thiazole rings is 1. The van der Waals surface area contributed by atoms with Gasteiger partial charge in [0.15, 0.2) is 5.13 Å². The molecule has 1 aliphatic heterocycles. The molecule has 162 valence electrons. The highest BCUT2D eigenvalue weighted by Gasteiger charge is 2.23. The lowest BCUT2D eigenvalue weighted by molar-refractivity contribution is -0.115. The molecule has 30 heavy (non-hydrogen) atoms. The minimum atomic E-state index is -0.273. The number of carbonyl (C=O) groups excluding carboxylic acids is 2. The van der Waals surface area contributed by atoms with Crippen LogP contribution in [0.25, 0.3) is 0 Å². The van der Waals surface area contributed by atoms with Gasteiger partial charge in [0.05, 0.1) is 23.2 Å². The fourth-order valence-electron chi connectivity index (χ4n) is 3.36. The minimum Gasteiger partial charge on any atom is -0.373 e. The number of benzene rings is 1. The number of thioether (sulfide) groups is 1. The zero-order valence-electron chi connectivity index (χ0n) is 17.7. The molecule has 2 N–H and O–H groups in total. The van der Waals surface area contributed by atoms with E-state index in [1.807, 2.05) is 36.6 Å². The third-order valence-corrected chi connectivity index (χ3v) is 6.44. The summed E-state index contributed by atoms with van der Waals surface area (Å²) >= 11 is 2.91. The number of ether oxygens (including phenoxy) is 1. The van der Waals surface area contributed by atoms with Gasteiger partial charge in [-0.05, 0) is 45.0 Å². The van der Waals surface area contributed by atoms with Crippen molar-refractivity contribution in [2.45, 2.75) is 56.6 Å². The molecule has 1 aromatic carbocycles. The summed E-state index contributed by atoms with van der Waals surface area (Å²) in [6, 6.07) is 7.45. The highest BCUT2D eigenvalue weighted by atomic mass is 32.2. The first-order valence-electron chi connectivity index (χ1n) is 9.96. The van der Waals surface area contributed by atoms with Crippen molar-refractivity contribution in [3.8, 4) is 0 Å². The number of carbonyl (C=O) groups is 2. The topological polar surface area (TPSA) is 83.6 Å². The SMILES string of the molecule is CC(=O)Nc1ccc(SC(C)C(=O)Nc2nc(CN3CC(C)OC(C)C3)cs2)cc1. The van der Waals surface area contributed by atoms with Crippen molar-refractivity contribution >= 4 is 45.7 Å². The molecule has 1 aromatic heterocycles. The molecule has 9 heteroatoms. The largest absolute Gasteiger partial charge is 0.373 e. The molecule has 0 saturated carbocycles. The smallest absolute Gasteiger partial charge is 0.239 e. The maximum atomic E-state index is 12.6. The lowest BCUT2D eigenvalue weighted by atomic mass is 10.2. The summed E-state index contributed by atoms with van der Waals surface area (Å²) in [6.07, 6.45) is 0.438. The van der Waals surface area contributed by atoms with E-state index in [1.165, 1.54) is 30.0 Å². The van der Waals surface area contributed by atoms with Crippen molar-refractivity contribution in [3.63, 3.8) is 0 Å². The van der Waals surface area contributed by atoms with Crippen LogP contribution in [0.5, 0.6) is 0 Å². The molecule has 2 amide bonds. The maximum absolute atomic E-state index is 12.6. The number of anilines is 2. The molecule has 0 spiro atoms. The van der Waals surface area contributed by atoms with Gasteiger partial charge in [-0.3, -0.25) is 14.5 Å². The lowest BCUT2D eigenvalue weighted by Crippen LogP contribution is -2.44. The number of nitrogens with zero attached hydrogens (tertiary/aromatic N) is 2. The summed E-state index contributed by atoms with van der Waals surface area (Å²) in [5.41, 5.74) is 1.70. The van der Waals surface area contributed by atoms with E-state index in [4.69, 9.17) is 4.74 Å². The number of nitrogens with one attached hydrogen (secondary N) is 2. The van der Waals surface area contributed by atoms with Gasteiger partial charge in [0, 0.05) is 42.5 Å². The number of rotatable bonds is 7. The van der Waals surface area contributed by atoms with Crippen LogP contribution >= 0.6 is 23.1 Å². The van der Waals surface area contributed by atoms with E-state index >= 15 is 0 Å². The summed E-state index contributed by atoms with van der Waals surface area (Å²) in [5, 5.41) is 8.00. The molecule has 1 saturated heterocycles. The molecule has 0 radical (unpaired) electrons. The Kier molecular flexibility index (Phi) is 7.87. The van der Waals surface area contributed by atoms with Crippen LogP contribution < -0.4 is 10.6 Å². The number of aromatic nitrogens is 1. The van der Waals surface area contributed by atoms with Crippen LogP contribution in [0.3, 0.4) is 0 Å². The van der Waals surface area contributed by atoms with Gasteiger partial charge in [0.1, 0.15) is 0 Å². The third kappa shape index (κ3) is 6.80. The predicted molar refractivity (Wildman–Crippen MR) is 122 cm³/mol. The number of hydrogen-bond donors (Lipinski definition) is 2. The van der Waals surface area contributed by atoms with Gasteiger partial charge in [0.2, 0.25) is 11.8 Å². The predicted octanol–water partition coefficient (Wildman–Crippen LogP) is 3.83. The normalized spacial score (nSPS) is 20.5. The second kappa shape index (κ2) is 10.4. The number of hydrogen-bond acceptors (Lipinski definition) is 7. The second-order valence-electron chi connectivity index (χ2n) is 7.55. The van der Waals surface area contributed by atoms with Gasteiger partial charge >= 0.3 is 0 Å². The Morgan fingerprint density at radius 2 is 1.90 bits per heavy atom. The average molecular weight is 449 g/mol. The fourth-order valence-corrected chi connectivity index (χ4v) is 4.94. The Morgan fingerprint density at radius 1 is 1.23 bits per heavy atom. The fraction of sp³-hybridized carbons (Fsp3) is 0.476. The molecule has 2 aromatic rings. The molecule has 3 rings (SSSR count). The van der Waals surface area contributed by atoms with Gasteiger partial charge in [0.25, 0.3) is 0 Å². The summed E-state index contributed by atoms with van der Waals surface area (Å²) in [7, 11) is 0. The van der Waals surface area contributed by atoms with Crippen molar-refractivity contribution in [1.29, 1.82) is 0 Å². The quantitative estimate of drug-likeness (QED) is 0.627. The average Bonchev–Trinajstić information content (AvgIpc) is 3.08. The Bertz CT molecular complexity index is 861. The highest BCUT2D eigenvalue weighted by molar-refractivity contribution is 8.00.